The molecule has 3 aromatic carbocycles. The Hall–Kier alpha value is -2.03. The van der Waals surface area contributed by atoms with Gasteiger partial charge in [-0.25, -0.2) is 0 Å². The van der Waals surface area contributed by atoms with Gasteiger partial charge in [0.05, 0.1) is 5.02 Å². The highest BCUT2D eigenvalue weighted by Gasteiger charge is 2.08. The molecule has 0 aliphatic heterocycles. The summed E-state index contributed by atoms with van der Waals surface area (Å²) in [6, 6.07) is 19.7. The summed E-state index contributed by atoms with van der Waals surface area (Å²) in [5.41, 5.74) is 6.85. The minimum atomic E-state index is -0.0471. The van der Waals surface area contributed by atoms with E-state index in [4.69, 9.17) is 22.1 Å². The van der Waals surface area contributed by atoms with Crippen LogP contribution in [0.2, 0.25) is 5.02 Å². The SMILES string of the molecule is C[C@H](N)c1ccc(Oc2cccc3ccccc23)c(Cl)c1. The minimum Gasteiger partial charge on any atom is -0.455 e. The van der Waals surface area contributed by atoms with Crippen LogP contribution in [0.4, 0.5) is 0 Å². The lowest BCUT2D eigenvalue weighted by atomic mass is 10.1. The predicted molar refractivity (Wildman–Crippen MR) is 88.1 cm³/mol. The fourth-order valence-corrected chi connectivity index (χ4v) is 2.51. The van der Waals surface area contributed by atoms with Gasteiger partial charge >= 0.3 is 0 Å². The number of hydrogen-bond donors (Lipinski definition) is 1. The molecule has 21 heavy (non-hydrogen) atoms. The van der Waals surface area contributed by atoms with Crippen molar-refractivity contribution in [2.75, 3.05) is 0 Å². The lowest BCUT2D eigenvalue weighted by Gasteiger charge is -2.12. The molecule has 3 heteroatoms. The Bertz CT molecular complexity index is 778. The maximum Gasteiger partial charge on any atom is 0.146 e. The van der Waals surface area contributed by atoms with Crippen LogP contribution in [0.1, 0.15) is 18.5 Å². The summed E-state index contributed by atoms with van der Waals surface area (Å²) in [7, 11) is 0. The van der Waals surface area contributed by atoms with Gasteiger partial charge < -0.3 is 10.5 Å². The summed E-state index contributed by atoms with van der Waals surface area (Å²) in [5, 5.41) is 2.77. The Morgan fingerprint density at radius 1 is 0.952 bits per heavy atom. The maximum absolute atomic E-state index is 6.29. The van der Waals surface area contributed by atoms with Gasteiger partial charge in [-0.1, -0.05) is 54.1 Å². The van der Waals surface area contributed by atoms with Crippen molar-refractivity contribution in [1.29, 1.82) is 0 Å². The van der Waals surface area contributed by atoms with Crippen LogP contribution in [-0.2, 0) is 0 Å². The third-order valence-electron chi connectivity index (χ3n) is 3.45. The molecule has 0 saturated carbocycles. The van der Waals surface area contributed by atoms with Gasteiger partial charge in [0.2, 0.25) is 0 Å². The van der Waals surface area contributed by atoms with Gasteiger partial charge in [-0.15, -0.1) is 0 Å². The molecule has 0 bridgehead atoms. The molecule has 0 aliphatic carbocycles. The molecule has 2 N–H and O–H groups in total. The van der Waals surface area contributed by atoms with Crippen molar-refractivity contribution < 1.29 is 4.74 Å². The van der Waals surface area contributed by atoms with Crippen molar-refractivity contribution in [2.45, 2.75) is 13.0 Å². The Morgan fingerprint density at radius 3 is 2.48 bits per heavy atom. The number of hydrogen-bond acceptors (Lipinski definition) is 2. The predicted octanol–water partition coefficient (Wildman–Crippen LogP) is 5.31. The highest BCUT2D eigenvalue weighted by Crippen LogP contribution is 2.34. The zero-order chi connectivity index (χ0) is 14.8. The number of benzene rings is 3. The molecule has 106 valence electrons. The van der Waals surface area contributed by atoms with Gasteiger partial charge in [0.25, 0.3) is 0 Å². The lowest BCUT2D eigenvalue weighted by molar-refractivity contribution is 0.488. The molecule has 0 aliphatic rings. The summed E-state index contributed by atoms with van der Waals surface area (Å²) in [4.78, 5) is 0. The topological polar surface area (TPSA) is 35.2 Å². The van der Waals surface area contributed by atoms with Crippen LogP contribution in [0.25, 0.3) is 10.8 Å². The second-order valence-electron chi connectivity index (χ2n) is 5.06. The Balaban J connectivity index is 1.99. The number of rotatable bonds is 3. The first-order valence-electron chi connectivity index (χ1n) is 6.86. The standard InChI is InChI=1S/C18H16ClNO/c1-12(20)14-9-10-18(16(19)11-14)21-17-8-4-6-13-5-2-3-7-15(13)17/h2-12H,20H2,1H3/t12-/m0/s1. The molecular formula is C18H16ClNO. The minimum absolute atomic E-state index is 0.0471. The molecule has 0 spiro atoms. The first kappa shape index (κ1) is 13.9. The smallest absolute Gasteiger partial charge is 0.146 e. The van der Waals surface area contributed by atoms with Crippen LogP contribution in [0.15, 0.2) is 60.7 Å². The molecule has 3 aromatic rings. The van der Waals surface area contributed by atoms with Crippen LogP contribution >= 0.6 is 11.6 Å². The average Bonchev–Trinajstić information content (AvgIpc) is 2.49. The molecule has 0 heterocycles. The molecule has 3 rings (SSSR count). The van der Waals surface area contributed by atoms with Crippen LogP contribution < -0.4 is 10.5 Å². The van der Waals surface area contributed by atoms with E-state index in [-0.39, 0.29) is 6.04 Å². The van der Waals surface area contributed by atoms with Gasteiger partial charge in [-0.3, -0.25) is 0 Å². The monoisotopic (exact) mass is 297 g/mol. The van der Waals surface area contributed by atoms with Gasteiger partial charge in [0, 0.05) is 11.4 Å². The summed E-state index contributed by atoms with van der Waals surface area (Å²) in [6.07, 6.45) is 0. The van der Waals surface area contributed by atoms with E-state index in [1.807, 2.05) is 55.5 Å². The zero-order valence-corrected chi connectivity index (χ0v) is 12.5. The van der Waals surface area contributed by atoms with Crippen molar-refractivity contribution in [3.63, 3.8) is 0 Å². The van der Waals surface area contributed by atoms with Crippen LogP contribution in [0, 0.1) is 0 Å². The quantitative estimate of drug-likeness (QED) is 0.711. The van der Waals surface area contributed by atoms with Crippen LogP contribution in [-0.4, -0.2) is 0 Å². The number of halogens is 1. The molecule has 0 aromatic heterocycles. The summed E-state index contributed by atoms with van der Waals surface area (Å²) in [6.45, 7) is 1.93. The number of ether oxygens (including phenoxy) is 1. The van der Waals surface area contributed by atoms with Gasteiger partial charge in [-0.2, -0.15) is 0 Å². The average molecular weight is 298 g/mol. The molecule has 1 atom stereocenters. The maximum atomic E-state index is 6.29. The van der Waals surface area contributed by atoms with Gasteiger partial charge in [-0.05, 0) is 36.1 Å². The first-order valence-corrected chi connectivity index (χ1v) is 7.23. The van der Waals surface area contributed by atoms with E-state index < -0.39 is 0 Å². The molecule has 0 fully saturated rings. The van der Waals surface area contributed by atoms with E-state index in [9.17, 15) is 0 Å². The molecule has 0 unspecified atom stereocenters. The molecule has 0 amide bonds. The summed E-state index contributed by atoms with van der Waals surface area (Å²) < 4.78 is 5.98. The van der Waals surface area contributed by atoms with Crippen LogP contribution in [0.5, 0.6) is 11.5 Å². The Morgan fingerprint density at radius 2 is 1.71 bits per heavy atom. The van der Waals surface area contributed by atoms with Crippen molar-refractivity contribution in [3.05, 3.63) is 71.2 Å². The molecular weight excluding hydrogens is 282 g/mol. The third-order valence-corrected chi connectivity index (χ3v) is 3.75. The largest absolute Gasteiger partial charge is 0.455 e. The molecule has 0 saturated heterocycles. The summed E-state index contributed by atoms with van der Waals surface area (Å²) in [5.74, 6) is 1.43. The van der Waals surface area contributed by atoms with Crippen LogP contribution in [0.3, 0.4) is 0 Å². The summed E-state index contributed by atoms with van der Waals surface area (Å²) >= 11 is 6.29. The Kier molecular flexibility index (Phi) is 3.82. The normalized spacial score (nSPS) is 12.3. The highest BCUT2D eigenvalue weighted by molar-refractivity contribution is 6.32. The second kappa shape index (κ2) is 5.76. The van der Waals surface area contributed by atoms with E-state index in [0.717, 1.165) is 22.1 Å². The van der Waals surface area contributed by atoms with Crippen molar-refractivity contribution in [2.24, 2.45) is 5.73 Å². The van der Waals surface area contributed by atoms with E-state index in [1.54, 1.807) is 0 Å². The second-order valence-corrected chi connectivity index (χ2v) is 5.47. The first-order chi connectivity index (χ1) is 10.1. The third kappa shape index (κ3) is 2.87. The van der Waals surface area contributed by atoms with Crippen molar-refractivity contribution in [3.8, 4) is 11.5 Å². The van der Waals surface area contributed by atoms with E-state index in [1.165, 1.54) is 0 Å². The number of fused-ring (bicyclic) bond motifs is 1. The van der Waals surface area contributed by atoms with Crippen molar-refractivity contribution >= 4 is 22.4 Å². The van der Waals surface area contributed by atoms with E-state index in [0.29, 0.717) is 10.8 Å². The molecule has 2 nitrogen and oxygen atoms in total. The Labute approximate surface area is 129 Å². The highest BCUT2D eigenvalue weighted by atomic mass is 35.5. The fourth-order valence-electron chi connectivity index (χ4n) is 2.29. The number of nitrogens with two attached hydrogens (primary N) is 1. The van der Waals surface area contributed by atoms with Gasteiger partial charge in [0.1, 0.15) is 11.5 Å². The zero-order valence-electron chi connectivity index (χ0n) is 11.7. The van der Waals surface area contributed by atoms with Gasteiger partial charge in [0.15, 0.2) is 0 Å². The lowest BCUT2D eigenvalue weighted by Crippen LogP contribution is -2.04. The van der Waals surface area contributed by atoms with Crippen molar-refractivity contribution in [1.82, 2.24) is 0 Å². The van der Waals surface area contributed by atoms with E-state index in [2.05, 4.69) is 12.1 Å². The van der Waals surface area contributed by atoms with E-state index >= 15 is 0 Å². The molecule has 0 radical (unpaired) electrons. The fraction of sp³-hybridized carbons (Fsp3) is 0.111.